The van der Waals surface area contributed by atoms with E-state index in [1.807, 2.05) is 0 Å². The van der Waals surface area contributed by atoms with Crippen molar-refractivity contribution in [2.75, 3.05) is 19.8 Å². The SMILES string of the molecule is CCCCCCCCCCCCCCC(C)OC[C@H](CO)OCCCCC(=O)O. The number of aliphatic hydroxyl groups excluding tert-OH is 1. The molecule has 29 heavy (non-hydrogen) atoms. The molecule has 0 aliphatic carbocycles. The zero-order chi connectivity index (χ0) is 21.6. The summed E-state index contributed by atoms with van der Waals surface area (Å²) in [4.78, 5) is 10.5. The summed E-state index contributed by atoms with van der Waals surface area (Å²) in [7, 11) is 0. The highest BCUT2D eigenvalue weighted by Crippen LogP contribution is 2.14. The quantitative estimate of drug-likeness (QED) is 0.196. The average molecular weight is 417 g/mol. The fourth-order valence-corrected chi connectivity index (χ4v) is 3.41. The van der Waals surface area contributed by atoms with Crippen LogP contribution in [0.15, 0.2) is 0 Å². The molecule has 0 fully saturated rings. The minimum atomic E-state index is -0.779. The lowest BCUT2D eigenvalue weighted by molar-refractivity contribution is -0.137. The van der Waals surface area contributed by atoms with Gasteiger partial charge in [-0.05, 0) is 26.2 Å². The Kier molecular flexibility index (Phi) is 21.6. The van der Waals surface area contributed by atoms with Crippen LogP contribution in [0.25, 0.3) is 0 Å². The Labute approximate surface area is 179 Å². The number of ether oxygens (including phenoxy) is 2. The van der Waals surface area contributed by atoms with Crippen LogP contribution in [-0.4, -0.2) is 48.2 Å². The molecule has 0 spiro atoms. The number of carbonyl (C=O) groups is 1. The Hall–Kier alpha value is -0.650. The van der Waals surface area contributed by atoms with Crippen molar-refractivity contribution < 1.29 is 24.5 Å². The zero-order valence-corrected chi connectivity index (χ0v) is 19.2. The predicted octanol–water partition coefficient (Wildman–Crippen LogP) is 6.12. The van der Waals surface area contributed by atoms with Gasteiger partial charge >= 0.3 is 5.97 Å². The molecule has 0 aromatic carbocycles. The average Bonchev–Trinajstić information content (AvgIpc) is 2.70. The van der Waals surface area contributed by atoms with Crippen LogP contribution in [0.3, 0.4) is 0 Å². The fourth-order valence-electron chi connectivity index (χ4n) is 3.41. The van der Waals surface area contributed by atoms with E-state index in [0.717, 1.165) is 6.42 Å². The lowest BCUT2D eigenvalue weighted by Gasteiger charge is -2.19. The molecular formula is C24H48O5. The number of rotatable bonds is 23. The highest BCUT2D eigenvalue weighted by Gasteiger charge is 2.11. The molecule has 0 aromatic rings. The summed E-state index contributed by atoms with van der Waals surface area (Å²) in [6.07, 6.45) is 18.7. The molecule has 1 unspecified atom stereocenters. The van der Waals surface area contributed by atoms with E-state index in [1.54, 1.807) is 0 Å². The van der Waals surface area contributed by atoms with Crippen LogP contribution in [-0.2, 0) is 14.3 Å². The first kappa shape index (κ1) is 28.4. The molecule has 0 heterocycles. The fraction of sp³-hybridized carbons (Fsp3) is 0.958. The summed E-state index contributed by atoms with van der Waals surface area (Å²) in [5.74, 6) is -0.779. The Bertz CT molecular complexity index is 348. The van der Waals surface area contributed by atoms with Crippen LogP contribution in [0, 0.1) is 0 Å². The third-order valence-corrected chi connectivity index (χ3v) is 5.37. The van der Waals surface area contributed by atoms with Crippen LogP contribution in [0.4, 0.5) is 0 Å². The first-order chi connectivity index (χ1) is 14.1. The van der Waals surface area contributed by atoms with Crippen molar-refractivity contribution in [3.63, 3.8) is 0 Å². The minimum Gasteiger partial charge on any atom is -0.481 e. The van der Waals surface area contributed by atoms with Crippen molar-refractivity contribution in [3.8, 4) is 0 Å². The molecule has 5 heteroatoms. The molecule has 0 aliphatic heterocycles. The van der Waals surface area contributed by atoms with Gasteiger partial charge in [-0.1, -0.05) is 84.0 Å². The second kappa shape index (κ2) is 22.0. The van der Waals surface area contributed by atoms with E-state index >= 15 is 0 Å². The van der Waals surface area contributed by atoms with Gasteiger partial charge in [0.2, 0.25) is 0 Å². The van der Waals surface area contributed by atoms with E-state index in [2.05, 4.69) is 13.8 Å². The molecule has 2 atom stereocenters. The maximum atomic E-state index is 10.5. The Morgan fingerprint density at radius 2 is 1.34 bits per heavy atom. The van der Waals surface area contributed by atoms with Gasteiger partial charge in [-0.15, -0.1) is 0 Å². The summed E-state index contributed by atoms with van der Waals surface area (Å²) in [5.41, 5.74) is 0. The third-order valence-electron chi connectivity index (χ3n) is 5.37. The number of carboxylic acid groups (broad SMARTS) is 1. The van der Waals surface area contributed by atoms with Gasteiger partial charge in [0.25, 0.3) is 0 Å². The Morgan fingerprint density at radius 1 is 0.793 bits per heavy atom. The summed E-state index contributed by atoms with van der Waals surface area (Å²) in [5, 5.41) is 18.0. The summed E-state index contributed by atoms with van der Waals surface area (Å²) in [6, 6.07) is 0. The summed E-state index contributed by atoms with van der Waals surface area (Å²) >= 11 is 0. The van der Waals surface area contributed by atoms with E-state index < -0.39 is 5.97 Å². The molecule has 0 aromatic heterocycles. The highest BCUT2D eigenvalue weighted by atomic mass is 16.5. The van der Waals surface area contributed by atoms with Gasteiger partial charge in [0.15, 0.2) is 0 Å². The van der Waals surface area contributed by atoms with E-state index in [4.69, 9.17) is 14.6 Å². The van der Waals surface area contributed by atoms with Crippen molar-refractivity contribution in [1.29, 1.82) is 0 Å². The van der Waals surface area contributed by atoms with E-state index in [-0.39, 0.29) is 25.2 Å². The number of aliphatic hydroxyl groups is 1. The molecule has 0 saturated carbocycles. The van der Waals surface area contributed by atoms with Gasteiger partial charge < -0.3 is 19.7 Å². The standard InChI is InChI=1S/C24H48O5/c1-3-4-5-6-7-8-9-10-11-12-13-14-17-22(2)29-21-23(20-25)28-19-16-15-18-24(26)27/h22-23,25H,3-21H2,1-2H3,(H,26,27)/t22?,23-/m0/s1. The number of hydrogen-bond acceptors (Lipinski definition) is 4. The van der Waals surface area contributed by atoms with Crippen LogP contribution in [0.1, 0.15) is 117 Å². The van der Waals surface area contributed by atoms with Gasteiger partial charge in [0.05, 0.1) is 19.3 Å². The topological polar surface area (TPSA) is 76.0 Å². The van der Waals surface area contributed by atoms with Gasteiger partial charge in [0, 0.05) is 13.0 Å². The molecule has 0 radical (unpaired) electrons. The second-order valence-electron chi connectivity index (χ2n) is 8.35. The molecule has 174 valence electrons. The molecular weight excluding hydrogens is 368 g/mol. The first-order valence-corrected chi connectivity index (χ1v) is 12.2. The largest absolute Gasteiger partial charge is 0.481 e. The van der Waals surface area contributed by atoms with Crippen LogP contribution < -0.4 is 0 Å². The van der Waals surface area contributed by atoms with E-state index in [1.165, 1.54) is 77.0 Å². The summed E-state index contributed by atoms with van der Waals surface area (Å²) < 4.78 is 11.4. The zero-order valence-electron chi connectivity index (χ0n) is 19.2. The third kappa shape index (κ3) is 21.9. The van der Waals surface area contributed by atoms with Crippen molar-refractivity contribution in [2.24, 2.45) is 0 Å². The molecule has 5 nitrogen and oxygen atoms in total. The van der Waals surface area contributed by atoms with Gasteiger partial charge in [-0.25, -0.2) is 0 Å². The normalized spacial score (nSPS) is 13.5. The Morgan fingerprint density at radius 3 is 1.86 bits per heavy atom. The van der Waals surface area contributed by atoms with Gasteiger partial charge in [-0.2, -0.15) is 0 Å². The highest BCUT2D eigenvalue weighted by molar-refractivity contribution is 5.66. The van der Waals surface area contributed by atoms with Crippen molar-refractivity contribution >= 4 is 5.97 Å². The van der Waals surface area contributed by atoms with E-state index in [9.17, 15) is 9.90 Å². The maximum Gasteiger partial charge on any atom is 0.303 e. The molecule has 0 rings (SSSR count). The van der Waals surface area contributed by atoms with Gasteiger partial charge in [-0.3, -0.25) is 4.79 Å². The molecule has 0 amide bonds. The number of unbranched alkanes of at least 4 members (excludes halogenated alkanes) is 12. The van der Waals surface area contributed by atoms with Gasteiger partial charge in [0.1, 0.15) is 6.10 Å². The van der Waals surface area contributed by atoms with Crippen LogP contribution in [0.2, 0.25) is 0 Å². The van der Waals surface area contributed by atoms with Crippen molar-refractivity contribution in [2.45, 2.75) is 129 Å². The number of hydrogen-bond donors (Lipinski definition) is 2. The smallest absolute Gasteiger partial charge is 0.303 e. The van der Waals surface area contributed by atoms with E-state index in [0.29, 0.717) is 26.1 Å². The lowest BCUT2D eigenvalue weighted by Crippen LogP contribution is -2.27. The van der Waals surface area contributed by atoms with Crippen molar-refractivity contribution in [1.82, 2.24) is 0 Å². The van der Waals surface area contributed by atoms with Crippen molar-refractivity contribution in [3.05, 3.63) is 0 Å². The molecule has 0 bridgehead atoms. The molecule has 0 saturated heterocycles. The molecule has 2 N–H and O–H groups in total. The minimum absolute atomic E-state index is 0.0652. The monoisotopic (exact) mass is 416 g/mol. The molecule has 0 aliphatic rings. The second-order valence-corrected chi connectivity index (χ2v) is 8.35. The van der Waals surface area contributed by atoms with Crippen LogP contribution in [0.5, 0.6) is 0 Å². The first-order valence-electron chi connectivity index (χ1n) is 12.2. The lowest BCUT2D eigenvalue weighted by atomic mass is 10.0. The maximum absolute atomic E-state index is 10.5. The summed E-state index contributed by atoms with van der Waals surface area (Å²) in [6.45, 7) is 5.15. The number of carboxylic acids is 1. The Balaban J connectivity index is 3.42. The predicted molar refractivity (Wildman–Crippen MR) is 119 cm³/mol. The number of aliphatic carboxylic acids is 1. The van der Waals surface area contributed by atoms with Crippen LogP contribution >= 0.6 is 0 Å².